The summed E-state index contributed by atoms with van der Waals surface area (Å²) in [4.78, 5) is 21.4. The van der Waals surface area contributed by atoms with Crippen LogP contribution in [-0.4, -0.2) is 73.3 Å². The van der Waals surface area contributed by atoms with E-state index in [0.717, 1.165) is 24.8 Å². The Bertz CT molecular complexity index is 1010. The van der Waals surface area contributed by atoms with Crippen LogP contribution < -0.4 is 4.72 Å². The summed E-state index contributed by atoms with van der Waals surface area (Å²) in [6.45, 7) is 3.76. The lowest BCUT2D eigenvalue weighted by Crippen LogP contribution is -2.39. The fraction of sp³-hybridized carbons (Fsp3) is 0.455. The molecule has 9 heteroatoms. The van der Waals surface area contributed by atoms with Crippen molar-refractivity contribution in [2.75, 3.05) is 37.7 Å². The standard InChI is InChI=1S/C22H30N4O4S/c1-16-9-11-23-19(22(16)24-31(3,29)30)13-21(28)25(2)20(17-7-5-4-6-8-17)15-26-12-10-18(27)14-26/h4-9,11,18,20,24,27H,10,12-15H2,1-3H3. The van der Waals surface area contributed by atoms with Crippen molar-refractivity contribution in [1.29, 1.82) is 0 Å². The molecular weight excluding hydrogens is 416 g/mol. The van der Waals surface area contributed by atoms with Gasteiger partial charge >= 0.3 is 0 Å². The topological polar surface area (TPSA) is 103 Å². The molecule has 2 heterocycles. The summed E-state index contributed by atoms with van der Waals surface area (Å²) in [5, 5.41) is 9.89. The number of sulfonamides is 1. The Morgan fingerprint density at radius 1 is 1.32 bits per heavy atom. The van der Waals surface area contributed by atoms with Gasteiger partial charge in [-0.2, -0.15) is 0 Å². The lowest BCUT2D eigenvalue weighted by molar-refractivity contribution is -0.131. The summed E-state index contributed by atoms with van der Waals surface area (Å²) in [5.74, 6) is -0.164. The molecule has 8 nitrogen and oxygen atoms in total. The summed E-state index contributed by atoms with van der Waals surface area (Å²) in [6, 6.07) is 11.3. The maximum atomic E-state index is 13.2. The van der Waals surface area contributed by atoms with Gasteiger partial charge in [0.15, 0.2) is 0 Å². The molecule has 2 atom stereocenters. The Balaban J connectivity index is 1.83. The highest BCUT2D eigenvalue weighted by molar-refractivity contribution is 7.92. The van der Waals surface area contributed by atoms with E-state index in [9.17, 15) is 18.3 Å². The molecule has 1 aromatic carbocycles. The van der Waals surface area contributed by atoms with E-state index in [4.69, 9.17) is 0 Å². The molecule has 1 amide bonds. The van der Waals surface area contributed by atoms with E-state index in [-0.39, 0.29) is 24.5 Å². The van der Waals surface area contributed by atoms with Crippen LogP contribution in [-0.2, 0) is 21.2 Å². The van der Waals surface area contributed by atoms with Crippen molar-refractivity contribution in [1.82, 2.24) is 14.8 Å². The van der Waals surface area contributed by atoms with Gasteiger partial charge in [-0.3, -0.25) is 19.4 Å². The average Bonchev–Trinajstić information content (AvgIpc) is 3.13. The smallest absolute Gasteiger partial charge is 0.229 e. The van der Waals surface area contributed by atoms with E-state index < -0.39 is 10.0 Å². The number of nitrogens with one attached hydrogen (secondary N) is 1. The Kier molecular flexibility index (Phi) is 7.30. The summed E-state index contributed by atoms with van der Waals surface area (Å²) in [6.07, 6.45) is 3.02. The number of amides is 1. The molecule has 1 fully saturated rings. The third-order valence-corrected chi connectivity index (χ3v) is 6.14. The van der Waals surface area contributed by atoms with E-state index >= 15 is 0 Å². The monoisotopic (exact) mass is 446 g/mol. The number of nitrogens with zero attached hydrogens (tertiary/aromatic N) is 3. The molecule has 168 valence electrons. The third-order valence-electron chi connectivity index (χ3n) is 5.57. The molecule has 2 unspecified atom stereocenters. The number of aromatic nitrogens is 1. The van der Waals surface area contributed by atoms with Crippen LogP contribution in [0.2, 0.25) is 0 Å². The van der Waals surface area contributed by atoms with Crippen LogP contribution in [0.25, 0.3) is 0 Å². The van der Waals surface area contributed by atoms with Crippen molar-refractivity contribution < 1.29 is 18.3 Å². The number of benzene rings is 1. The van der Waals surface area contributed by atoms with Crippen molar-refractivity contribution in [2.45, 2.75) is 31.9 Å². The van der Waals surface area contributed by atoms with Crippen molar-refractivity contribution >= 4 is 21.6 Å². The van der Waals surface area contributed by atoms with E-state index in [0.29, 0.717) is 30.0 Å². The van der Waals surface area contributed by atoms with Crippen molar-refractivity contribution in [3.05, 3.63) is 59.4 Å². The van der Waals surface area contributed by atoms with Gasteiger partial charge in [0, 0.05) is 32.9 Å². The van der Waals surface area contributed by atoms with E-state index in [1.54, 1.807) is 31.1 Å². The maximum absolute atomic E-state index is 13.2. The normalized spacial score (nSPS) is 18.0. The summed E-state index contributed by atoms with van der Waals surface area (Å²) in [5.41, 5.74) is 2.46. The largest absolute Gasteiger partial charge is 0.392 e. The van der Waals surface area contributed by atoms with Crippen LogP contribution in [0.15, 0.2) is 42.6 Å². The minimum absolute atomic E-state index is 0.0258. The Hall–Kier alpha value is -2.49. The molecule has 0 bridgehead atoms. The van der Waals surface area contributed by atoms with Gasteiger partial charge in [-0.05, 0) is 30.5 Å². The van der Waals surface area contributed by atoms with Gasteiger partial charge in [0.25, 0.3) is 0 Å². The number of likely N-dealkylation sites (N-methyl/N-ethyl adjacent to an activating group) is 1. The Morgan fingerprint density at radius 2 is 2.03 bits per heavy atom. The van der Waals surface area contributed by atoms with Gasteiger partial charge in [0.1, 0.15) is 0 Å². The Morgan fingerprint density at radius 3 is 2.65 bits per heavy atom. The first kappa shape index (κ1) is 23.2. The van der Waals surface area contributed by atoms with Crippen LogP contribution in [0.1, 0.15) is 29.3 Å². The fourth-order valence-electron chi connectivity index (χ4n) is 3.86. The molecule has 0 saturated carbocycles. The third kappa shape index (κ3) is 6.25. The second-order valence-corrected chi connectivity index (χ2v) is 9.88. The molecule has 1 aromatic heterocycles. The molecule has 1 aliphatic heterocycles. The lowest BCUT2D eigenvalue weighted by atomic mass is 10.0. The number of hydrogen-bond acceptors (Lipinski definition) is 6. The predicted octanol–water partition coefficient (Wildman–Crippen LogP) is 1.57. The highest BCUT2D eigenvalue weighted by Gasteiger charge is 2.28. The van der Waals surface area contributed by atoms with E-state index in [1.165, 1.54) is 0 Å². The summed E-state index contributed by atoms with van der Waals surface area (Å²) in [7, 11) is -1.75. The number of hydrogen-bond donors (Lipinski definition) is 2. The zero-order valence-corrected chi connectivity index (χ0v) is 19.0. The second kappa shape index (κ2) is 9.76. The van der Waals surface area contributed by atoms with Gasteiger partial charge in [-0.15, -0.1) is 0 Å². The summed E-state index contributed by atoms with van der Waals surface area (Å²) >= 11 is 0. The maximum Gasteiger partial charge on any atom is 0.229 e. The number of likely N-dealkylation sites (tertiary alicyclic amines) is 1. The molecule has 0 spiro atoms. The van der Waals surface area contributed by atoms with Gasteiger partial charge in [0.05, 0.1) is 36.2 Å². The van der Waals surface area contributed by atoms with Gasteiger partial charge < -0.3 is 10.0 Å². The molecular formula is C22H30N4O4S. The number of β-amino-alcohol motifs (C(OH)–C–C–N with tert-alkyl or cyclic N) is 1. The van der Waals surface area contributed by atoms with Crippen LogP contribution >= 0.6 is 0 Å². The quantitative estimate of drug-likeness (QED) is 0.638. The van der Waals surface area contributed by atoms with Gasteiger partial charge in [0.2, 0.25) is 15.9 Å². The number of aryl methyl sites for hydroxylation is 1. The minimum atomic E-state index is -3.50. The second-order valence-electron chi connectivity index (χ2n) is 8.13. The molecule has 2 aromatic rings. The first-order valence-corrected chi connectivity index (χ1v) is 12.2. The summed E-state index contributed by atoms with van der Waals surface area (Å²) < 4.78 is 26.0. The number of pyridine rings is 1. The zero-order valence-electron chi connectivity index (χ0n) is 18.2. The molecule has 0 aliphatic carbocycles. The SMILES string of the molecule is Cc1ccnc(CC(=O)N(C)C(CN2CCC(O)C2)c2ccccc2)c1NS(C)(=O)=O. The molecule has 1 saturated heterocycles. The van der Waals surface area contributed by atoms with E-state index in [2.05, 4.69) is 14.6 Å². The highest BCUT2D eigenvalue weighted by atomic mass is 32.2. The van der Waals surface area contributed by atoms with Gasteiger partial charge in [-0.1, -0.05) is 30.3 Å². The van der Waals surface area contributed by atoms with Crippen LogP contribution in [0.3, 0.4) is 0 Å². The average molecular weight is 447 g/mol. The van der Waals surface area contributed by atoms with Crippen molar-refractivity contribution in [2.24, 2.45) is 0 Å². The molecule has 31 heavy (non-hydrogen) atoms. The van der Waals surface area contributed by atoms with Crippen molar-refractivity contribution in [3.8, 4) is 0 Å². The van der Waals surface area contributed by atoms with E-state index in [1.807, 2.05) is 30.3 Å². The zero-order chi connectivity index (χ0) is 22.6. The molecule has 0 radical (unpaired) electrons. The number of rotatable bonds is 8. The molecule has 3 rings (SSSR count). The Labute approximate surface area is 184 Å². The number of carbonyl (C=O) groups is 1. The number of carbonyl (C=O) groups excluding carboxylic acids is 1. The number of anilines is 1. The predicted molar refractivity (Wildman–Crippen MR) is 120 cm³/mol. The number of aliphatic hydroxyl groups excluding tert-OH is 1. The van der Waals surface area contributed by atoms with Crippen LogP contribution in [0.5, 0.6) is 0 Å². The molecule has 1 aliphatic rings. The first-order valence-electron chi connectivity index (χ1n) is 10.3. The fourth-order valence-corrected chi connectivity index (χ4v) is 4.51. The minimum Gasteiger partial charge on any atom is -0.392 e. The number of aliphatic hydroxyl groups is 1. The van der Waals surface area contributed by atoms with Crippen molar-refractivity contribution in [3.63, 3.8) is 0 Å². The van der Waals surface area contributed by atoms with Crippen LogP contribution in [0.4, 0.5) is 5.69 Å². The highest BCUT2D eigenvalue weighted by Crippen LogP contribution is 2.25. The van der Waals surface area contributed by atoms with Gasteiger partial charge in [-0.25, -0.2) is 8.42 Å². The molecule has 2 N–H and O–H groups in total. The van der Waals surface area contributed by atoms with Crippen LogP contribution in [0, 0.1) is 6.92 Å². The first-order chi connectivity index (χ1) is 14.6. The lowest BCUT2D eigenvalue weighted by Gasteiger charge is -2.32.